The molecule has 0 bridgehead atoms. The fraction of sp³-hybridized carbons (Fsp3) is 0.467. The number of rotatable bonds is 1. The second kappa shape index (κ2) is 3.78. The van der Waals surface area contributed by atoms with Gasteiger partial charge in [-0.1, -0.05) is 18.6 Å². The first-order valence-corrected chi connectivity index (χ1v) is 6.65. The Bertz CT molecular complexity index is 557. The fourth-order valence-electron chi connectivity index (χ4n) is 2.85. The Balaban J connectivity index is 2.06. The number of alkyl halides is 1. The van der Waals surface area contributed by atoms with Gasteiger partial charge in [0.1, 0.15) is 11.3 Å². The molecule has 2 atom stereocenters. The van der Waals surface area contributed by atoms with E-state index in [9.17, 15) is 0 Å². The number of hydrogen-bond acceptors (Lipinski definition) is 1. The van der Waals surface area contributed by atoms with Crippen molar-refractivity contribution in [2.24, 2.45) is 0 Å². The summed E-state index contributed by atoms with van der Waals surface area (Å²) >= 11 is 6.23. The largest absolute Gasteiger partial charge is 0.460 e. The lowest BCUT2D eigenvalue weighted by Gasteiger charge is -2.20. The zero-order valence-corrected chi connectivity index (χ0v) is 11.1. The highest BCUT2D eigenvalue weighted by molar-refractivity contribution is 6.20. The van der Waals surface area contributed by atoms with E-state index in [1.165, 1.54) is 10.9 Å². The van der Waals surface area contributed by atoms with Crippen molar-refractivity contribution < 1.29 is 4.42 Å². The molecule has 2 unspecified atom stereocenters. The van der Waals surface area contributed by atoms with Crippen LogP contribution >= 0.6 is 11.6 Å². The molecule has 1 aromatic carbocycles. The van der Waals surface area contributed by atoms with Crippen LogP contribution in [0.1, 0.15) is 37.5 Å². The van der Waals surface area contributed by atoms with Crippen LogP contribution in [0, 0.1) is 6.92 Å². The number of halogens is 1. The molecule has 1 nitrogen and oxygen atoms in total. The van der Waals surface area contributed by atoms with Crippen molar-refractivity contribution in [3.05, 3.63) is 35.6 Å². The molecule has 1 aliphatic rings. The highest BCUT2D eigenvalue weighted by atomic mass is 35.5. The van der Waals surface area contributed by atoms with Gasteiger partial charge in [0.15, 0.2) is 0 Å². The summed E-state index contributed by atoms with van der Waals surface area (Å²) in [6.45, 7) is 4.37. The number of benzene rings is 1. The van der Waals surface area contributed by atoms with E-state index >= 15 is 0 Å². The molecule has 1 heterocycles. The minimum Gasteiger partial charge on any atom is -0.460 e. The average molecular weight is 249 g/mol. The van der Waals surface area contributed by atoms with E-state index in [-0.39, 0.29) is 5.41 Å². The summed E-state index contributed by atoms with van der Waals surface area (Å²) < 4.78 is 6.00. The molecule has 17 heavy (non-hydrogen) atoms. The van der Waals surface area contributed by atoms with E-state index in [1.54, 1.807) is 0 Å². The average Bonchev–Trinajstić information content (AvgIpc) is 2.83. The van der Waals surface area contributed by atoms with Crippen molar-refractivity contribution in [2.75, 3.05) is 0 Å². The first-order valence-electron chi connectivity index (χ1n) is 6.22. The van der Waals surface area contributed by atoms with Gasteiger partial charge in [-0.3, -0.25) is 0 Å². The van der Waals surface area contributed by atoms with Crippen LogP contribution in [-0.4, -0.2) is 5.38 Å². The Kier molecular flexibility index (Phi) is 2.48. The minimum atomic E-state index is 0.124. The summed E-state index contributed by atoms with van der Waals surface area (Å²) in [6, 6.07) is 8.53. The summed E-state index contributed by atoms with van der Waals surface area (Å²) in [5.41, 5.74) is 2.39. The molecule has 0 spiro atoms. The van der Waals surface area contributed by atoms with Crippen LogP contribution in [0.2, 0.25) is 0 Å². The van der Waals surface area contributed by atoms with E-state index < -0.39 is 0 Å². The van der Waals surface area contributed by atoms with Gasteiger partial charge in [0, 0.05) is 16.2 Å². The molecule has 0 radical (unpaired) electrons. The van der Waals surface area contributed by atoms with Crippen LogP contribution in [-0.2, 0) is 5.41 Å². The van der Waals surface area contributed by atoms with Gasteiger partial charge in [0.05, 0.1) is 0 Å². The van der Waals surface area contributed by atoms with Crippen LogP contribution in [0.3, 0.4) is 0 Å². The maximum atomic E-state index is 6.23. The van der Waals surface area contributed by atoms with Crippen molar-refractivity contribution in [3.63, 3.8) is 0 Å². The van der Waals surface area contributed by atoms with Crippen molar-refractivity contribution >= 4 is 22.6 Å². The van der Waals surface area contributed by atoms with Crippen molar-refractivity contribution in [2.45, 2.75) is 43.9 Å². The van der Waals surface area contributed by atoms with Crippen LogP contribution in [0.5, 0.6) is 0 Å². The second-order valence-corrected chi connectivity index (χ2v) is 6.17. The lowest BCUT2D eigenvalue weighted by molar-refractivity contribution is 0.381. The van der Waals surface area contributed by atoms with Crippen LogP contribution < -0.4 is 0 Å². The molecule has 1 saturated carbocycles. The van der Waals surface area contributed by atoms with E-state index in [2.05, 4.69) is 38.1 Å². The maximum absolute atomic E-state index is 6.23. The summed E-state index contributed by atoms with van der Waals surface area (Å²) in [4.78, 5) is 0. The molecular formula is C15H17ClO. The normalized spacial score (nSPS) is 29.0. The lowest BCUT2D eigenvalue weighted by atomic mass is 9.86. The Morgan fingerprint density at radius 2 is 2.18 bits per heavy atom. The smallest absolute Gasteiger partial charge is 0.134 e. The van der Waals surface area contributed by atoms with E-state index in [0.717, 1.165) is 30.6 Å². The van der Waals surface area contributed by atoms with Crippen molar-refractivity contribution in [1.29, 1.82) is 0 Å². The number of fused-ring (bicyclic) bond motifs is 1. The summed E-state index contributed by atoms with van der Waals surface area (Å²) in [5.74, 6) is 1.10. The van der Waals surface area contributed by atoms with Gasteiger partial charge in [-0.15, -0.1) is 11.6 Å². The van der Waals surface area contributed by atoms with Gasteiger partial charge >= 0.3 is 0 Å². The van der Waals surface area contributed by atoms with Gasteiger partial charge < -0.3 is 4.42 Å². The fourth-order valence-corrected chi connectivity index (χ4v) is 3.30. The third-order valence-corrected chi connectivity index (χ3v) is 4.32. The molecule has 0 amide bonds. The van der Waals surface area contributed by atoms with Crippen LogP contribution in [0.15, 0.2) is 28.7 Å². The highest BCUT2D eigenvalue weighted by Gasteiger charge is 2.38. The maximum Gasteiger partial charge on any atom is 0.134 e. The molecule has 1 aliphatic carbocycles. The lowest BCUT2D eigenvalue weighted by Crippen LogP contribution is -2.16. The Labute approximate surface area is 107 Å². The van der Waals surface area contributed by atoms with Gasteiger partial charge in [-0.25, -0.2) is 0 Å². The molecule has 3 rings (SSSR count). The van der Waals surface area contributed by atoms with Gasteiger partial charge in [0.25, 0.3) is 0 Å². The van der Waals surface area contributed by atoms with E-state index in [4.69, 9.17) is 16.0 Å². The van der Waals surface area contributed by atoms with Gasteiger partial charge in [0.2, 0.25) is 0 Å². The zero-order chi connectivity index (χ0) is 12.0. The molecule has 0 aliphatic heterocycles. The molecule has 1 fully saturated rings. The Morgan fingerprint density at radius 1 is 1.35 bits per heavy atom. The van der Waals surface area contributed by atoms with E-state index in [0.29, 0.717) is 5.38 Å². The summed E-state index contributed by atoms with van der Waals surface area (Å²) in [7, 11) is 0. The molecule has 1 aromatic heterocycles. The quantitative estimate of drug-likeness (QED) is 0.662. The number of furan rings is 1. The molecule has 0 saturated heterocycles. The van der Waals surface area contributed by atoms with Crippen LogP contribution in [0.4, 0.5) is 0 Å². The predicted molar refractivity (Wildman–Crippen MR) is 71.8 cm³/mol. The first kappa shape index (κ1) is 11.2. The standard InChI is InChI=1S/C15H17ClO/c1-10-3-4-13-11(7-10)8-14(17-13)15(2)6-5-12(16)9-15/h3-4,7-8,12H,5-6,9H2,1-2H3. The summed E-state index contributed by atoms with van der Waals surface area (Å²) in [6.07, 6.45) is 3.24. The van der Waals surface area contributed by atoms with Crippen molar-refractivity contribution in [1.82, 2.24) is 0 Å². The minimum absolute atomic E-state index is 0.124. The van der Waals surface area contributed by atoms with Crippen LogP contribution in [0.25, 0.3) is 11.0 Å². The molecular weight excluding hydrogens is 232 g/mol. The molecule has 0 N–H and O–H groups in total. The number of aryl methyl sites for hydroxylation is 1. The van der Waals surface area contributed by atoms with Crippen molar-refractivity contribution in [3.8, 4) is 0 Å². The molecule has 2 aromatic rings. The predicted octanol–water partition coefficient (Wildman–Crippen LogP) is 4.79. The Hall–Kier alpha value is -0.950. The topological polar surface area (TPSA) is 13.1 Å². The highest BCUT2D eigenvalue weighted by Crippen LogP contribution is 2.44. The zero-order valence-electron chi connectivity index (χ0n) is 10.3. The molecule has 2 heteroatoms. The van der Waals surface area contributed by atoms with Gasteiger partial charge in [-0.05, 0) is 44.4 Å². The first-order chi connectivity index (χ1) is 8.07. The summed E-state index contributed by atoms with van der Waals surface area (Å²) in [5, 5.41) is 1.51. The Morgan fingerprint density at radius 3 is 2.88 bits per heavy atom. The third kappa shape index (κ3) is 1.87. The van der Waals surface area contributed by atoms with E-state index in [1.807, 2.05) is 0 Å². The molecule has 90 valence electrons. The monoisotopic (exact) mass is 248 g/mol. The SMILES string of the molecule is Cc1ccc2oc(C3(C)CCC(Cl)C3)cc2c1. The second-order valence-electron chi connectivity index (χ2n) is 5.55. The van der Waals surface area contributed by atoms with Gasteiger partial charge in [-0.2, -0.15) is 0 Å². The number of hydrogen-bond donors (Lipinski definition) is 0. The third-order valence-electron chi connectivity index (χ3n) is 3.95.